The number of nitrogens with one attached hydrogen (secondary N) is 1. The Hall–Kier alpha value is -1.98. The Morgan fingerprint density at radius 1 is 1.41 bits per heavy atom. The second-order valence-corrected chi connectivity index (χ2v) is 5.70. The number of alkyl halides is 2. The van der Waals surface area contributed by atoms with Crippen molar-refractivity contribution >= 4 is 17.0 Å². The lowest BCUT2D eigenvalue weighted by molar-refractivity contribution is -0.0387. The molecule has 1 aliphatic rings. The molecule has 1 N–H and O–H groups in total. The summed E-state index contributed by atoms with van der Waals surface area (Å²) in [5.74, 6) is -2.16. The van der Waals surface area contributed by atoms with Crippen molar-refractivity contribution in [1.29, 1.82) is 0 Å². The van der Waals surface area contributed by atoms with Crippen LogP contribution >= 0.6 is 0 Å². The van der Waals surface area contributed by atoms with E-state index in [4.69, 9.17) is 4.74 Å². The van der Waals surface area contributed by atoms with Gasteiger partial charge in [0, 0.05) is 18.8 Å². The van der Waals surface area contributed by atoms with Crippen LogP contribution in [0.15, 0.2) is 18.2 Å². The second kappa shape index (κ2) is 5.66. The van der Waals surface area contributed by atoms with Crippen LogP contribution in [0.4, 0.5) is 8.78 Å². The van der Waals surface area contributed by atoms with Crippen molar-refractivity contribution in [3.8, 4) is 0 Å². The summed E-state index contributed by atoms with van der Waals surface area (Å²) in [6, 6.07) is 5.11. The van der Waals surface area contributed by atoms with Gasteiger partial charge in [-0.25, -0.2) is 18.6 Å². The van der Waals surface area contributed by atoms with Gasteiger partial charge in [-0.05, 0) is 38.0 Å². The first kappa shape index (κ1) is 14.9. The number of hydrogen-bond acceptors (Lipinski definition) is 3. The van der Waals surface area contributed by atoms with Crippen LogP contribution in [0.3, 0.4) is 0 Å². The molecule has 2 aromatic rings. The number of rotatable bonds is 3. The summed E-state index contributed by atoms with van der Waals surface area (Å²) in [7, 11) is 0. The molecule has 0 saturated heterocycles. The fourth-order valence-corrected chi connectivity index (χ4v) is 2.88. The van der Waals surface area contributed by atoms with Crippen LogP contribution in [0.1, 0.15) is 54.7 Å². The zero-order valence-corrected chi connectivity index (χ0v) is 12.4. The smallest absolute Gasteiger partial charge is 0.338 e. The van der Waals surface area contributed by atoms with E-state index in [-0.39, 0.29) is 24.7 Å². The molecule has 1 aromatic heterocycles. The molecule has 0 bridgehead atoms. The normalized spacial score (nSPS) is 18.5. The number of imidazole rings is 1. The number of H-pyrrole nitrogens is 1. The molecule has 4 nitrogen and oxygen atoms in total. The summed E-state index contributed by atoms with van der Waals surface area (Å²) in [6.45, 7) is 2.07. The van der Waals surface area contributed by atoms with Crippen molar-refractivity contribution in [2.24, 2.45) is 0 Å². The minimum absolute atomic E-state index is 0.0260. The number of halogens is 2. The van der Waals surface area contributed by atoms with Gasteiger partial charge in [-0.15, -0.1) is 0 Å². The predicted molar refractivity (Wildman–Crippen MR) is 78.2 cm³/mol. The molecule has 3 rings (SSSR count). The van der Waals surface area contributed by atoms with E-state index in [1.807, 2.05) is 0 Å². The number of aromatic nitrogens is 2. The molecule has 0 amide bonds. The maximum Gasteiger partial charge on any atom is 0.338 e. The van der Waals surface area contributed by atoms with E-state index in [2.05, 4.69) is 9.97 Å². The van der Waals surface area contributed by atoms with E-state index in [1.54, 1.807) is 25.1 Å². The van der Waals surface area contributed by atoms with Gasteiger partial charge in [-0.3, -0.25) is 0 Å². The highest BCUT2D eigenvalue weighted by Gasteiger charge is 2.36. The summed E-state index contributed by atoms with van der Waals surface area (Å²) in [4.78, 5) is 19.4. The van der Waals surface area contributed by atoms with Crippen LogP contribution in [0.25, 0.3) is 11.0 Å². The van der Waals surface area contributed by atoms with E-state index in [0.717, 1.165) is 16.9 Å². The maximum absolute atomic E-state index is 13.2. The highest BCUT2D eigenvalue weighted by atomic mass is 19.3. The lowest BCUT2D eigenvalue weighted by Gasteiger charge is -2.26. The van der Waals surface area contributed by atoms with Gasteiger partial charge in [0.1, 0.15) is 5.82 Å². The third-order valence-corrected chi connectivity index (χ3v) is 4.12. The Kier molecular flexibility index (Phi) is 3.85. The highest BCUT2D eigenvalue weighted by Crippen LogP contribution is 2.40. The molecule has 6 heteroatoms. The molecule has 1 saturated carbocycles. The van der Waals surface area contributed by atoms with Crippen molar-refractivity contribution in [1.82, 2.24) is 9.97 Å². The van der Waals surface area contributed by atoms with Gasteiger partial charge in [-0.2, -0.15) is 0 Å². The van der Waals surface area contributed by atoms with Crippen molar-refractivity contribution in [3.63, 3.8) is 0 Å². The van der Waals surface area contributed by atoms with Gasteiger partial charge < -0.3 is 9.72 Å². The van der Waals surface area contributed by atoms with Crippen LogP contribution in [0, 0.1) is 0 Å². The van der Waals surface area contributed by atoms with Gasteiger partial charge >= 0.3 is 5.97 Å². The average Bonchev–Trinajstić information content (AvgIpc) is 2.90. The first-order valence-electron chi connectivity index (χ1n) is 7.53. The molecule has 1 aliphatic carbocycles. The molecule has 118 valence electrons. The Bertz CT molecular complexity index is 687. The van der Waals surface area contributed by atoms with Gasteiger partial charge in [0.25, 0.3) is 0 Å². The largest absolute Gasteiger partial charge is 0.462 e. The van der Waals surface area contributed by atoms with Crippen LogP contribution in [-0.2, 0) is 4.74 Å². The predicted octanol–water partition coefficient (Wildman–Crippen LogP) is 4.03. The number of esters is 1. The monoisotopic (exact) mass is 308 g/mol. The molecule has 0 aliphatic heterocycles. The standard InChI is InChI=1S/C16H18F2N2O2/c1-2-22-15(21)11-3-4-12-13(9-11)20-14(19-12)10-5-7-16(17,18)8-6-10/h3-4,9-10H,2,5-8H2,1H3,(H,19,20). The van der Waals surface area contributed by atoms with Gasteiger partial charge in [0.15, 0.2) is 0 Å². The van der Waals surface area contributed by atoms with Crippen molar-refractivity contribution in [3.05, 3.63) is 29.6 Å². The third-order valence-electron chi connectivity index (χ3n) is 4.12. The van der Waals surface area contributed by atoms with Gasteiger partial charge in [0.05, 0.1) is 23.2 Å². The van der Waals surface area contributed by atoms with Crippen molar-refractivity contribution in [2.45, 2.75) is 44.4 Å². The first-order valence-corrected chi connectivity index (χ1v) is 7.53. The molecule has 1 aromatic carbocycles. The fourth-order valence-electron chi connectivity index (χ4n) is 2.88. The minimum Gasteiger partial charge on any atom is -0.462 e. The number of nitrogens with zero attached hydrogens (tertiary/aromatic N) is 1. The quantitative estimate of drug-likeness (QED) is 0.871. The Balaban J connectivity index is 1.83. The zero-order chi connectivity index (χ0) is 15.7. The Labute approximate surface area is 126 Å². The SMILES string of the molecule is CCOC(=O)c1ccc2nc(C3CCC(F)(F)CC3)[nH]c2c1. The lowest BCUT2D eigenvalue weighted by atomic mass is 9.86. The second-order valence-electron chi connectivity index (χ2n) is 5.70. The number of aromatic amines is 1. The molecule has 0 spiro atoms. The van der Waals surface area contributed by atoms with Gasteiger partial charge in [-0.1, -0.05) is 0 Å². The first-order chi connectivity index (χ1) is 10.5. The molecule has 1 fully saturated rings. The fraction of sp³-hybridized carbons (Fsp3) is 0.500. The van der Waals surface area contributed by atoms with Gasteiger partial charge in [0.2, 0.25) is 5.92 Å². The van der Waals surface area contributed by atoms with E-state index in [1.165, 1.54) is 0 Å². The number of hydrogen-bond donors (Lipinski definition) is 1. The molecule has 1 heterocycles. The summed E-state index contributed by atoms with van der Waals surface area (Å²) in [6.07, 6.45) is 0.667. The van der Waals surface area contributed by atoms with E-state index in [9.17, 15) is 13.6 Å². The van der Waals surface area contributed by atoms with E-state index >= 15 is 0 Å². The molecule has 0 radical (unpaired) electrons. The number of fused-ring (bicyclic) bond motifs is 1. The third kappa shape index (κ3) is 2.96. The minimum atomic E-state index is -2.54. The number of ether oxygens (including phenoxy) is 1. The van der Waals surface area contributed by atoms with Crippen molar-refractivity contribution in [2.75, 3.05) is 6.61 Å². The van der Waals surface area contributed by atoms with Crippen molar-refractivity contribution < 1.29 is 18.3 Å². The van der Waals surface area contributed by atoms with E-state index < -0.39 is 5.92 Å². The Morgan fingerprint density at radius 3 is 2.82 bits per heavy atom. The van der Waals surface area contributed by atoms with Crippen LogP contribution in [0.5, 0.6) is 0 Å². The van der Waals surface area contributed by atoms with Crippen LogP contribution in [0.2, 0.25) is 0 Å². The zero-order valence-electron chi connectivity index (χ0n) is 12.4. The lowest BCUT2D eigenvalue weighted by Crippen LogP contribution is -2.24. The summed E-state index contributed by atoms with van der Waals surface area (Å²) < 4.78 is 31.4. The molecule has 0 atom stereocenters. The molecule has 0 unspecified atom stereocenters. The van der Waals surface area contributed by atoms with Crippen LogP contribution < -0.4 is 0 Å². The van der Waals surface area contributed by atoms with E-state index in [0.29, 0.717) is 25.0 Å². The number of carbonyl (C=O) groups excluding carboxylic acids is 1. The Morgan fingerprint density at radius 2 is 2.14 bits per heavy atom. The topological polar surface area (TPSA) is 55.0 Å². The number of benzene rings is 1. The summed E-state index contributed by atoms with van der Waals surface area (Å²) in [5, 5.41) is 0. The van der Waals surface area contributed by atoms with Crippen LogP contribution in [-0.4, -0.2) is 28.5 Å². The maximum atomic E-state index is 13.2. The molecular formula is C16H18F2N2O2. The molecular weight excluding hydrogens is 290 g/mol. The molecule has 22 heavy (non-hydrogen) atoms. The summed E-state index contributed by atoms with van der Waals surface area (Å²) >= 11 is 0. The summed E-state index contributed by atoms with van der Waals surface area (Å²) in [5.41, 5.74) is 1.93. The highest BCUT2D eigenvalue weighted by molar-refractivity contribution is 5.93. The number of carbonyl (C=O) groups is 1. The average molecular weight is 308 g/mol.